The molecular weight excluding hydrogens is 156 g/mol. The second-order valence-corrected chi connectivity index (χ2v) is 4.01. The van der Waals surface area contributed by atoms with Crippen molar-refractivity contribution in [1.82, 2.24) is 0 Å². The maximum Gasteiger partial charge on any atom is 0.164 e. The fraction of sp³-hybridized carbons (Fsp3) is 0.778. The summed E-state index contributed by atoms with van der Waals surface area (Å²) in [6.07, 6.45) is 4.88. The topological polar surface area (TPSA) is 31.0 Å². The average molecular weight is 168 g/mol. The summed E-state index contributed by atoms with van der Waals surface area (Å²) in [6.45, 7) is 3.88. The standard InChI is InChI=1S/C9H12O3/c1-9(2)11-6-4-3-5-7(10-5)8(6)12-9/h3-8H,1-2H3/t5-,6+,7-,8+/m0/s1. The Morgan fingerprint density at radius 3 is 2.58 bits per heavy atom. The summed E-state index contributed by atoms with van der Waals surface area (Å²) in [5.41, 5.74) is 0. The second-order valence-electron chi connectivity index (χ2n) is 4.01. The third kappa shape index (κ3) is 0.873. The first-order chi connectivity index (χ1) is 5.66. The Bertz CT molecular complexity index is 246. The van der Waals surface area contributed by atoms with Gasteiger partial charge in [0, 0.05) is 0 Å². The largest absolute Gasteiger partial charge is 0.362 e. The van der Waals surface area contributed by atoms with E-state index in [1.54, 1.807) is 0 Å². The predicted molar refractivity (Wildman–Crippen MR) is 41.6 cm³/mol. The van der Waals surface area contributed by atoms with E-state index in [1.165, 1.54) is 0 Å². The molecule has 0 aromatic carbocycles. The van der Waals surface area contributed by atoms with Crippen LogP contribution in [0.1, 0.15) is 13.8 Å². The molecule has 3 aliphatic rings. The van der Waals surface area contributed by atoms with Crippen LogP contribution < -0.4 is 0 Å². The summed E-state index contributed by atoms with van der Waals surface area (Å²) in [5.74, 6) is -0.444. The Morgan fingerprint density at radius 2 is 1.75 bits per heavy atom. The van der Waals surface area contributed by atoms with E-state index in [4.69, 9.17) is 14.2 Å². The molecule has 66 valence electrons. The summed E-state index contributed by atoms with van der Waals surface area (Å²) in [5, 5.41) is 0. The minimum Gasteiger partial charge on any atom is -0.362 e. The van der Waals surface area contributed by atoms with Crippen molar-refractivity contribution in [1.29, 1.82) is 0 Å². The number of fused-ring (bicyclic) bond motifs is 3. The maximum absolute atomic E-state index is 5.71. The predicted octanol–water partition coefficient (Wildman–Crippen LogP) is 0.844. The van der Waals surface area contributed by atoms with Crippen molar-refractivity contribution >= 4 is 0 Å². The van der Waals surface area contributed by atoms with E-state index in [0.717, 1.165) is 0 Å². The Labute approximate surface area is 71.3 Å². The molecule has 0 saturated carbocycles. The van der Waals surface area contributed by atoms with Gasteiger partial charge in [0.05, 0.1) is 0 Å². The van der Waals surface area contributed by atoms with Gasteiger partial charge in [0.1, 0.15) is 24.4 Å². The average Bonchev–Trinajstić information content (AvgIpc) is 2.67. The van der Waals surface area contributed by atoms with Gasteiger partial charge in [-0.25, -0.2) is 0 Å². The van der Waals surface area contributed by atoms with Crippen LogP contribution in [0.3, 0.4) is 0 Å². The molecule has 2 saturated heterocycles. The van der Waals surface area contributed by atoms with Gasteiger partial charge in [0.25, 0.3) is 0 Å². The fourth-order valence-electron chi connectivity index (χ4n) is 1.99. The van der Waals surface area contributed by atoms with E-state index >= 15 is 0 Å². The van der Waals surface area contributed by atoms with Crippen LogP contribution in [0.5, 0.6) is 0 Å². The first kappa shape index (κ1) is 7.06. The Kier molecular flexibility index (Phi) is 1.13. The Morgan fingerprint density at radius 1 is 1.00 bits per heavy atom. The van der Waals surface area contributed by atoms with Gasteiger partial charge in [-0.2, -0.15) is 0 Å². The van der Waals surface area contributed by atoms with Gasteiger partial charge in [-0.05, 0) is 13.8 Å². The van der Waals surface area contributed by atoms with E-state index in [9.17, 15) is 0 Å². The van der Waals surface area contributed by atoms with Crippen LogP contribution in [-0.2, 0) is 14.2 Å². The number of rotatable bonds is 0. The van der Waals surface area contributed by atoms with Gasteiger partial charge in [-0.15, -0.1) is 0 Å². The number of hydrogen-bond acceptors (Lipinski definition) is 3. The number of ether oxygens (including phenoxy) is 3. The van der Waals surface area contributed by atoms with Crippen LogP contribution in [0.25, 0.3) is 0 Å². The third-order valence-electron chi connectivity index (χ3n) is 2.54. The van der Waals surface area contributed by atoms with Gasteiger partial charge in [-0.3, -0.25) is 0 Å². The lowest BCUT2D eigenvalue weighted by molar-refractivity contribution is -0.144. The number of epoxide rings is 1. The molecule has 4 atom stereocenters. The molecule has 0 aromatic rings. The maximum atomic E-state index is 5.71. The highest BCUT2D eigenvalue weighted by molar-refractivity contribution is 5.18. The molecule has 3 rings (SSSR count). The van der Waals surface area contributed by atoms with E-state index < -0.39 is 5.79 Å². The van der Waals surface area contributed by atoms with Crippen molar-refractivity contribution in [2.75, 3.05) is 0 Å². The Hall–Kier alpha value is -0.380. The van der Waals surface area contributed by atoms with Crippen LogP contribution in [0.15, 0.2) is 12.2 Å². The van der Waals surface area contributed by atoms with E-state index in [2.05, 4.69) is 6.08 Å². The lowest BCUT2D eigenvalue weighted by Gasteiger charge is -2.15. The highest BCUT2D eigenvalue weighted by atomic mass is 16.8. The smallest absolute Gasteiger partial charge is 0.164 e. The van der Waals surface area contributed by atoms with Crippen LogP contribution >= 0.6 is 0 Å². The molecule has 2 aliphatic heterocycles. The zero-order chi connectivity index (χ0) is 8.34. The first-order valence-corrected chi connectivity index (χ1v) is 4.35. The van der Waals surface area contributed by atoms with E-state index in [1.807, 2.05) is 19.9 Å². The normalized spacial score (nSPS) is 53.2. The minimum absolute atomic E-state index is 0.101. The van der Waals surface area contributed by atoms with Gasteiger partial charge < -0.3 is 14.2 Å². The molecule has 3 heteroatoms. The monoisotopic (exact) mass is 168 g/mol. The van der Waals surface area contributed by atoms with E-state index in [-0.39, 0.29) is 18.3 Å². The van der Waals surface area contributed by atoms with Crippen LogP contribution in [-0.4, -0.2) is 30.2 Å². The minimum atomic E-state index is -0.444. The lowest BCUT2D eigenvalue weighted by atomic mass is 10.0. The SMILES string of the molecule is CC1(C)O[C@H]2[C@H]3O[C@H]3C=C[C@H]2O1. The van der Waals surface area contributed by atoms with Crippen LogP contribution in [0.4, 0.5) is 0 Å². The van der Waals surface area contributed by atoms with Crippen LogP contribution in [0, 0.1) is 0 Å². The fourth-order valence-corrected chi connectivity index (χ4v) is 1.99. The quantitative estimate of drug-likeness (QED) is 0.397. The summed E-state index contributed by atoms with van der Waals surface area (Å²) in [4.78, 5) is 0. The van der Waals surface area contributed by atoms with Gasteiger partial charge in [0.15, 0.2) is 5.79 Å². The van der Waals surface area contributed by atoms with Crippen LogP contribution in [0.2, 0.25) is 0 Å². The van der Waals surface area contributed by atoms with Gasteiger partial charge in [-0.1, -0.05) is 12.2 Å². The van der Waals surface area contributed by atoms with Crippen molar-refractivity contribution in [3.05, 3.63) is 12.2 Å². The molecule has 0 spiro atoms. The molecule has 2 fully saturated rings. The zero-order valence-corrected chi connectivity index (χ0v) is 7.19. The molecular formula is C9H12O3. The van der Waals surface area contributed by atoms with Crippen molar-refractivity contribution in [3.63, 3.8) is 0 Å². The molecule has 0 amide bonds. The Balaban J connectivity index is 1.88. The van der Waals surface area contributed by atoms with Gasteiger partial charge >= 0.3 is 0 Å². The highest BCUT2D eigenvalue weighted by Gasteiger charge is 2.56. The molecule has 1 aliphatic carbocycles. The summed E-state index contributed by atoms with van der Waals surface area (Å²) < 4.78 is 16.8. The van der Waals surface area contributed by atoms with Gasteiger partial charge in [0.2, 0.25) is 0 Å². The first-order valence-electron chi connectivity index (χ1n) is 4.35. The third-order valence-corrected chi connectivity index (χ3v) is 2.54. The molecule has 0 radical (unpaired) electrons. The van der Waals surface area contributed by atoms with Crippen molar-refractivity contribution in [2.24, 2.45) is 0 Å². The molecule has 2 heterocycles. The molecule has 0 aromatic heterocycles. The lowest BCUT2D eigenvalue weighted by Crippen LogP contribution is -2.30. The molecule has 0 unspecified atom stereocenters. The molecule has 0 bridgehead atoms. The molecule has 3 nitrogen and oxygen atoms in total. The summed E-state index contributed by atoms with van der Waals surface area (Å²) in [7, 11) is 0. The molecule has 0 N–H and O–H groups in total. The summed E-state index contributed by atoms with van der Waals surface area (Å²) >= 11 is 0. The summed E-state index contributed by atoms with van der Waals surface area (Å²) in [6, 6.07) is 0. The number of hydrogen-bond donors (Lipinski definition) is 0. The second kappa shape index (κ2) is 1.92. The highest BCUT2D eigenvalue weighted by Crippen LogP contribution is 2.42. The zero-order valence-electron chi connectivity index (χ0n) is 7.19. The van der Waals surface area contributed by atoms with Crippen molar-refractivity contribution < 1.29 is 14.2 Å². The van der Waals surface area contributed by atoms with Crippen molar-refractivity contribution in [2.45, 2.75) is 44.1 Å². The van der Waals surface area contributed by atoms with E-state index in [0.29, 0.717) is 6.10 Å². The molecule has 12 heavy (non-hydrogen) atoms. The van der Waals surface area contributed by atoms with Crippen molar-refractivity contribution in [3.8, 4) is 0 Å².